The number of hydrogen-bond donors (Lipinski definition) is 1. The molecule has 1 N–H and O–H groups in total. The lowest BCUT2D eigenvalue weighted by Crippen LogP contribution is -2.15. The SMILES string of the molecule is O=S(=O)(Nc1ccc(F)cc1I)c1ccc(Cl)c(F)c1Cl. The molecule has 0 saturated carbocycles. The molecule has 2 aromatic carbocycles. The molecule has 0 fully saturated rings. The van der Waals surface area contributed by atoms with Crippen LogP contribution in [0, 0.1) is 15.2 Å². The van der Waals surface area contributed by atoms with Crippen LogP contribution in [0.25, 0.3) is 0 Å². The molecule has 3 nitrogen and oxygen atoms in total. The van der Waals surface area contributed by atoms with Gasteiger partial charge in [0.2, 0.25) is 0 Å². The number of halogens is 5. The average molecular weight is 464 g/mol. The van der Waals surface area contributed by atoms with Gasteiger partial charge in [-0.05, 0) is 52.9 Å². The van der Waals surface area contributed by atoms with E-state index in [-0.39, 0.29) is 10.7 Å². The molecule has 0 aliphatic heterocycles. The summed E-state index contributed by atoms with van der Waals surface area (Å²) in [6.45, 7) is 0. The summed E-state index contributed by atoms with van der Waals surface area (Å²) in [5.41, 5.74) is 0.156. The summed E-state index contributed by atoms with van der Waals surface area (Å²) in [4.78, 5) is -0.453. The van der Waals surface area contributed by atoms with E-state index in [4.69, 9.17) is 23.2 Å². The van der Waals surface area contributed by atoms with E-state index >= 15 is 0 Å². The van der Waals surface area contributed by atoms with Gasteiger partial charge in [0, 0.05) is 3.57 Å². The minimum atomic E-state index is -4.13. The van der Waals surface area contributed by atoms with Crippen LogP contribution < -0.4 is 4.72 Å². The van der Waals surface area contributed by atoms with Gasteiger partial charge in [-0.2, -0.15) is 0 Å². The molecule has 0 bridgehead atoms. The summed E-state index contributed by atoms with van der Waals surface area (Å²) in [7, 11) is -4.13. The van der Waals surface area contributed by atoms with Crippen LogP contribution in [0.3, 0.4) is 0 Å². The molecule has 112 valence electrons. The van der Waals surface area contributed by atoms with Gasteiger partial charge >= 0.3 is 0 Å². The van der Waals surface area contributed by atoms with Crippen LogP contribution in [0.15, 0.2) is 35.2 Å². The van der Waals surface area contributed by atoms with Crippen molar-refractivity contribution in [1.82, 2.24) is 0 Å². The highest BCUT2D eigenvalue weighted by atomic mass is 127. The Bertz CT molecular complexity index is 815. The molecule has 2 rings (SSSR count). The molecule has 0 heterocycles. The third kappa shape index (κ3) is 3.58. The van der Waals surface area contributed by atoms with Gasteiger partial charge in [-0.15, -0.1) is 0 Å². The fourth-order valence-electron chi connectivity index (χ4n) is 1.49. The van der Waals surface area contributed by atoms with Crippen molar-refractivity contribution < 1.29 is 17.2 Å². The van der Waals surface area contributed by atoms with Crippen LogP contribution in [-0.4, -0.2) is 8.42 Å². The normalized spacial score (nSPS) is 11.5. The smallest absolute Gasteiger partial charge is 0.263 e. The zero-order valence-corrected chi connectivity index (χ0v) is 14.5. The summed E-state index contributed by atoms with van der Waals surface area (Å²) >= 11 is 13.0. The minimum absolute atomic E-state index is 0.156. The number of nitrogens with one attached hydrogen (secondary N) is 1. The first-order valence-electron chi connectivity index (χ1n) is 5.34. The molecule has 0 atom stereocenters. The molecule has 2 aromatic rings. The molecule has 0 aromatic heterocycles. The van der Waals surface area contributed by atoms with Crippen LogP contribution in [0.1, 0.15) is 0 Å². The second-order valence-electron chi connectivity index (χ2n) is 3.90. The number of benzene rings is 2. The van der Waals surface area contributed by atoms with E-state index in [1.807, 2.05) is 0 Å². The first-order valence-corrected chi connectivity index (χ1v) is 8.65. The lowest BCUT2D eigenvalue weighted by Gasteiger charge is -2.11. The van der Waals surface area contributed by atoms with Crippen LogP contribution in [0.5, 0.6) is 0 Å². The summed E-state index contributed by atoms with van der Waals surface area (Å²) in [5, 5.41) is -0.887. The summed E-state index contributed by atoms with van der Waals surface area (Å²) in [6.07, 6.45) is 0. The molecule has 0 saturated heterocycles. The highest BCUT2D eigenvalue weighted by Gasteiger charge is 2.22. The largest absolute Gasteiger partial charge is 0.279 e. The van der Waals surface area contributed by atoms with Gasteiger partial charge in [-0.1, -0.05) is 23.2 Å². The third-order valence-electron chi connectivity index (χ3n) is 2.46. The Morgan fingerprint density at radius 2 is 1.76 bits per heavy atom. The fourth-order valence-corrected chi connectivity index (χ4v) is 4.11. The molecule has 0 aliphatic carbocycles. The van der Waals surface area contributed by atoms with Crippen LogP contribution >= 0.6 is 45.8 Å². The van der Waals surface area contributed by atoms with E-state index in [1.54, 1.807) is 22.6 Å². The Morgan fingerprint density at radius 3 is 2.38 bits per heavy atom. The second kappa shape index (κ2) is 6.23. The van der Waals surface area contributed by atoms with Gasteiger partial charge in [0.05, 0.1) is 15.7 Å². The molecular weight excluding hydrogens is 458 g/mol. The Hall–Kier alpha value is -0.640. The van der Waals surface area contributed by atoms with Crippen molar-refractivity contribution in [2.24, 2.45) is 0 Å². The van der Waals surface area contributed by atoms with Gasteiger partial charge in [0.25, 0.3) is 10.0 Å². The van der Waals surface area contributed by atoms with E-state index in [0.717, 1.165) is 24.3 Å². The maximum Gasteiger partial charge on any atom is 0.263 e. The zero-order valence-electron chi connectivity index (χ0n) is 10.0. The molecule has 9 heteroatoms. The van der Waals surface area contributed by atoms with Crippen molar-refractivity contribution in [3.8, 4) is 0 Å². The number of rotatable bonds is 3. The quantitative estimate of drug-likeness (QED) is 0.530. The van der Waals surface area contributed by atoms with E-state index < -0.39 is 31.6 Å². The van der Waals surface area contributed by atoms with Gasteiger partial charge in [-0.3, -0.25) is 4.72 Å². The lowest BCUT2D eigenvalue weighted by molar-refractivity contribution is 0.595. The number of anilines is 1. The van der Waals surface area contributed by atoms with Gasteiger partial charge in [-0.25, -0.2) is 17.2 Å². The maximum atomic E-state index is 13.6. The zero-order chi connectivity index (χ0) is 15.8. The molecular formula is C12H6Cl2F2INO2S. The first kappa shape index (κ1) is 16.7. The van der Waals surface area contributed by atoms with Crippen molar-refractivity contribution in [3.63, 3.8) is 0 Å². The van der Waals surface area contributed by atoms with Crippen LogP contribution in [0.4, 0.5) is 14.5 Å². The molecule has 21 heavy (non-hydrogen) atoms. The van der Waals surface area contributed by atoms with Crippen LogP contribution in [-0.2, 0) is 10.0 Å². The van der Waals surface area contributed by atoms with Crippen LogP contribution in [0.2, 0.25) is 10.0 Å². The summed E-state index contributed by atoms with van der Waals surface area (Å²) in [5.74, 6) is -1.52. The van der Waals surface area contributed by atoms with E-state index in [0.29, 0.717) is 3.57 Å². The average Bonchev–Trinajstić information content (AvgIpc) is 2.39. The third-order valence-corrected chi connectivity index (χ3v) is 5.54. The van der Waals surface area contributed by atoms with Crippen molar-refractivity contribution >= 4 is 61.5 Å². The van der Waals surface area contributed by atoms with Gasteiger partial charge in [0.1, 0.15) is 10.7 Å². The molecule has 0 amide bonds. The minimum Gasteiger partial charge on any atom is -0.279 e. The number of sulfonamides is 1. The molecule has 0 aliphatic rings. The fraction of sp³-hybridized carbons (Fsp3) is 0. The second-order valence-corrected chi connectivity index (χ2v) is 7.50. The Kier molecular flexibility index (Phi) is 4.96. The summed E-state index contributed by atoms with van der Waals surface area (Å²) in [6, 6.07) is 5.70. The van der Waals surface area contributed by atoms with E-state index in [9.17, 15) is 17.2 Å². The molecule has 0 radical (unpaired) electrons. The van der Waals surface area contributed by atoms with Crippen molar-refractivity contribution in [3.05, 3.63) is 55.6 Å². The Morgan fingerprint density at radius 1 is 1.10 bits per heavy atom. The van der Waals surface area contributed by atoms with E-state index in [2.05, 4.69) is 4.72 Å². The number of hydrogen-bond acceptors (Lipinski definition) is 2. The molecule has 0 unspecified atom stereocenters. The summed E-state index contributed by atoms with van der Waals surface area (Å²) < 4.78 is 53.6. The van der Waals surface area contributed by atoms with Gasteiger partial charge in [0.15, 0.2) is 5.82 Å². The van der Waals surface area contributed by atoms with Crippen molar-refractivity contribution in [2.45, 2.75) is 4.90 Å². The Labute approximate surface area is 143 Å². The predicted molar refractivity (Wildman–Crippen MR) is 86.3 cm³/mol. The predicted octanol–water partition coefficient (Wildman–Crippen LogP) is 4.68. The first-order chi connectivity index (χ1) is 9.72. The lowest BCUT2D eigenvalue weighted by atomic mass is 10.3. The maximum absolute atomic E-state index is 13.6. The van der Waals surface area contributed by atoms with Gasteiger partial charge < -0.3 is 0 Å². The Balaban J connectivity index is 2.46. The standard InChI is InChI=1S/C12H6Cl2F2INO2S/c13-7-2-4-10(11(14)12(7)16)21(19,20)18-9-3-1-6(15)5-8(9)17/h1-5,18H. The highest BCUT2D eigenvalue weighted by molar-refractivity contribution is 14.1. The highest BCUT2D eigenvalue weighted by Crippen LogP contribution is 2.31. The van der Waals surface area contributed by atoms with Crippen molar-refractivity contribution in [2.75, 3.05) is 4.72 Å². The molecule has 0 spiro atoms. The van der Waals surface area contributed by atoms with E-state index in [1.165, 1.54) is 6.07 Å². The topological polar surface area (TPSA) is 46.2 Å². The monoisotopic (exact) mass is 463 g/mol. The van der Waals surface area contributed by atoms with Crippen molar-refractivity contribution in [1.29, 1.82) is 0 Å².